The normalized spacial score (nSPS) is 20.8. The van der Waals surface area contributed by atoms with Crippen LogP contribution in [0.15, 0.2) is 0 Å². The number of fused-ring (bicyclic) bond motifs is 1. The summed E-state index contributed by atoms with van der Waals surface area (Å²) in [5, 5.41) is 10.9. The summed E-state index contributed by atoms with van der Waals surface area (Å²) in [6.45, 7) is 20.0. The van der Waals surface area contributed by atoms with Crippen LogP contribution in [0.4, 0.5) is 0 Å². The van der Waals surface area contributed by atoms with Crippen LogP contribution in [0.3, 0.4) is 0 Å². The van der Waals surface area contributed by atoms with E-state index in [9.17, 15) is 5.11 Å². The molecule has 0 radical (unpaired) electrons. The van der Waals surface area contributed by atoms with E-state index in [-0.39, 0.29) is 17.1 Å². The molecule has 3 nitrogen and oxygen atoms in total. The molecular formula is C24H42O3Si. The third-order valence-electron chi connectivity index (χ3n) is 6.28. The number of phenols is 1. The Balaban J connectivity index is 2.67. The van der Waals surface area contributed by atoms with Gasteiger partial charge in [-0.25, -0.2) is 0 Å². The first-order chi connectivity index (χ1) is 13.1. The number of aromatic hydroxyl groups is 1. The molecular weight excluding hydrogens is 364 g/mol. The average Bonchev–Trinajstić information content (AvgIpc) is 2.64. The van der Waals surface area contributed by atoms with Gasteiger partial charge in [-0.2, -0.15) is 0 Å². The SMILES string of the molecule is CCc1c(O)c(CC)c2c(c1CC)OC(CC)(C(O[SiH](C)C)C(C)(C)C)CC2. The van der Waals surface area contributed by atoms with E-state index in [0.717, 1.165) is 55.4 Å². The molecule has 1 aliphatic rings. The molecule has 0 spiro atoms. The van der Waals surface area contributed by atoms with Gasteiger partial charge < -0.3 is 14.3 Å². The second kappa shape index (κ2) is 8.79. The zero-order valence-electron chi connectivity index (χ0n) is 19.7. The highest BCUT2D eigenvalue weighted by Gasteiger charge is 2.49. The summed E-state index contributed by atoms with van der Waals surface area (Å²) < 4.78 is 13.6. The molecule has 1 aliphatic heterocycles. The van der Waals surface area contributed by atoms with Gasteiger partial charge in [0.2, 0.25) is 0 Å². The predicted molar refractivity (Wildman–Crippen MR) is 121 cm³/mol. The molecule has 28 heavy (non-hydrogen) atoms. The van der Waals surface area contributed by atoms with Gasteiger partial charge in [-0.1, -0.05) is 48.5 Å². The lowest BCUT2D eigenvalue weighted by Gasteiger charge is -2.50. The van der Waals surface area contributed by atoms with Gasteiger partial charge >= 0.3 is 0 Å². The smallest absolute Gasteiger partial charge is 0.171 e. The zero-order valence-corrected chi connectivity index (χ0v) is 20.8. The summed E-state index contributed by atoms with van der Waals surface area (Å²) in [5.41, 5.74) is 4.28. The topological polar surface area (TPSA) is 38.7 Å². The van der Waals surface area contributed by atoms with Crippen molar-refractivity contribution in [3.63, 3.8) is 0 Å². The molecule has 1 aromatic carbocycles. The minimum absolute atomic E-state index is 0.00918. The van der Waals surface area contributed by atoms with Crippen LogP contribution in [0, 0.1) is 5.41 Å². The predicted octanol–water partition coefficient (Wildman–Crippen LogP) is 5.97. The summed E-state index contributed by atoms with van der Waals surface area (Å²) in [6.07, 6.45) is 5.44. The second-order valence-electron chi connectivity index (χ2n) is 9.60. The van der Waals surface area contributed by atoms with Crippen molar-refractivity contribution in [2.75, 3.05) is 0 Å². The van der Waals surface area contributed by atoms with Crippen LogP contribution in [0.25, 0.3) is 0 Å². The van der Waals surface area contributed by atoms with Gasteiger partial charge in [0.05, 0.1) is 6.10 Å². The molecule has 160 valence electrons. The highest BCUT2D eigenvalue weighted by atomic mass is 28.3. The van der Waals surface area contributed by atoms with E-state index in [1.807, 2.05) is 0 Å². The Bertz CT molecular complexity index is 665. The highest BCUT2D eigenvalue weighted by molar-refractivity contribution is 6.48. The number of ether oxygens (including phenoxy) is 1. The maximum absolute atomic E-state index is 10.9. The van der Waals surface area contributed by atoms with Crippen LogP contribution < -0.4 is 4.74 Å². The monoisotopic (exact) mass is 406 g/mol. The number of hydrogen-bond acceptors (Lipinski definition) is 3. The molecule has 1 aromatic rings. The van der Waals surface area contributed by atoms with Crippen molar-refractivity contribution < 1.29 is 14.3 Å². The Morgan fingerprint density at radius 1 is 1.04 bits per heavy atom. The summed E-state index contributed by atoms with van der Waals surface area (Å²) in [7, 11) is -1.22. The average molecular weight is 407 g/mol. The van der Waals surface area contributed by atoms with Crippen molar-refractivity contribution in [2.45, 2.75) is 112 Å². The molecule has 0 aliphatic carbocycles. The van der Waals surface area contributed by atoms with Crippen molar-refractivity contribution in [1.29, 1.82) is 0 Å². The van der Waals surface area contributed by atoms with Crippen molar-refractivity contribution in [1.82, 2.24) is 0 Å². The Kier molecular flexibility index (Phi) is 7.30. The summed E-state index contributed by atoms with van der Waals surface area (Å²) in [6, 6.07) is 0. The molecule has 1 heterocycles. The molecule has 0 aromatic heterocycles. The minimum Gasteiger partial charge on any atom is -0.507 e. The van der Waals surface area contributed by atoms with Crippen LogP contribution in [-0.2, 0) is 30.1 Å². The van der Waals surface area contributed by atoms with Crippen LogP contribution in [0.2, 0.25) is 13.1 Å². The molecule has 1 N–H and O–H groups in total. The summed E-state index contributed by atoms with van der Waals surface area (Å²) in [5.74, 6) is 1.55. The molecule has 4 heteroatoms. The van der Waals surface area contributed by atoms with Crippen molar-refractivity contribution in [3.8, 4) is 11.5 Å². The molecule has 0 saturated carbocycles. The van der Waals surface area contributed by atoms with E-state index >= 15 is 0 Å². The Hall–Kier alpha value is -1.00. The van der Waals surface area contributed by atoms with Gasteiger partial charge in [0, 0.05) is 22.3 Å². The van der Waals surface area contributed by atoms with Gasteiger partial charge in [-0.05, 0) is 57.0 Å². The van der Waals surface area contributed by atoms with Gasteiger partial charge in [0.15, 0.2) is 9.04 Å². The fourth-order valence-corrected chi connectivity index (χ4v) is 6.25. The van der Waals surface area contributed by atoms with Gasteiger partial charge in [-0.3, -0.25) is 0 Å². The van der Waals surface area contributed by atoms with E-state index in [2.05, 4.69) is 61.6 Å². The molecule has 0 bridgehead atoms. The molecule has 2 unspecified atom stereocenters. The molecule has 0 fully saturated rings. The molecule has 0 amide bonds. The van der Waals surface area contributed by atoms with Crippen LogP contribution in [-0.4, -0.2) is 25.9 Å². The number of rotatable bonds is 7. The Morgan fingerprint density at radius 2 is 1.61 bits per heavy atom. The largest absolute Gasteiger partial charge is 0.507 e. The number of hydrogen-bond donors (Lipinski definition) is 1. The number of phenolic OH excluding ortho intramolecular Hbond substituents is 1. The minimum atomic E-state index is -1.22. The maximum atomic E-state index is 10.9. The summed E-state index contributed by atoms with van der Waals surface area (Å²) in [4.78, 5) is 0. The first-order valence-electron chi connectivity index (χ1n) is 11.3. The molecule has 0 saturated heterocycles. The maximum Gasteiger partial charge on any atom is 0.171 e. The highest BCUT2D eigenvalue weighted by Crippen LogP contribution is 2.49. The first kappa shape index (κ1) is 23.3. The van der Waals surface area contributed by atoms with Crippen molar-refractivity contribution >= 4 is 9.04 Å². The third-order valence-corrected chi connectivity index (χ3v) is 7.10. The quantitative estimate of drug-likeness (QED) is 0.567. The van der Waals surface area contributed by atoms with Crippen LogP contribution in [0.1, 0.15) is 83.6 Å². The standard InChI is InChI=1S/C24H42O3Si/c1-10-16-18(12-3)21-19(17(11-2)20(16)25)14-15-24(13-4,26-21)22(23(5,6)7)27-28(8)9/h22,25,28H,10-15H2,1-9H3. The zero-order chi connectivity index (χ0) is 21.3. The third kappa shape index (κ3) is 4.14. The second-order valence-corrected chi connectivity index (χ2v) is 12.0. The van der Waals surface area contributed by atoms with Gasteiger partial charge in [0.1, 0.15) is 17.1 Å². The van der Waals surface area contributed by atoms with Crippen molar-refractivity contribution in [3.05, 3.63) is 22.3 Å². The van der Waals surface area contributed by atoms with E-state index in [4.69, 9.17) is 9.16 Å². The lowest BCUT2D eigenvalue weighted by atomic mass is 9.72. The molecule has 2 rings (SSSR count). The fourth-order valence-electron chi connectivity index (χ4n) is 5.05. The summed E-state index contributed by atoms with van der Waals surface area (Å²) >= 11 is 0. The lowest BCUT2D eigenvalue weighted by Crippen LogP contribution is -2.57. The van der Waals surface area contributed by atoms with Gasteiger partial charge in [-0.15, -0.1) is 0 Å². The van der Waals surface area contributed by atoms with Crippen molar-refractivity contribution in [2.24, 2.45) is 5.41 Å². The fraction of sp³-hybridized carbons (Fsp3) is 0.750. The molecule has 2 atom stereocenters. The lowest BCUT2D eigenvalue weighted by molar-refractivity contribution is -0.104. The van der Waals surface area contributed by atoms with E-state index in [0.29, 0.717) is 5.75 Å². The van der Waals surface area contributed by atoms with Crippen LogP contribution in [0.5, 0.6) is 11.5 Å². The Morgan fingerprint density at radius 3 is 2.04 bits per heavy atom. The van der Waals surface area contributed by atoms with Crippen LogP contribution >= 0.6 is 0 Å². The van der Waals surface area contributed by atoms with E-state index < -0.39 is 9.04 Å². The first-order valence-corrected chi connectivity index (χ1v) is 14.1. The van der Waals surface area contributed by atoms with E-state index in [1.54, 1.807) is 0 Å². The number of benzene rings is 1. The van der Waals surface area contributed by atoms with Gasteiger partial charge in [0.25, 0.3) is 0 Å². The van der Waals surface area contributed by atoms with E-state index in [1.165, 1.54) is 11.1 Å². The Labute approximate surface area is 174 Å².